The first-order valence-corrected chi connectivity index (χ1v) is 17.1. The van der Waals surface area contributed by atoms with Gasteiger partial charge in [0.1, 0.15) is 12.2 Å². The number of hydrogen-bond donors (Lipinski definition) is 6. The van der Waals surface area contributed by atoms with Gasteiger partial charge in [-0.05, 0) is 27.2 Å². The molecule has 20 atom stereocenters. The predicted molar refractivity (Wildman–Crippen MR) is 163 cm³/mol. The van der Waals surface area contributed by atoms with Crippen LogP contribution in [-0.2, 0) is 33.2 Å². The summed E-state index contributed by atoms with van der Waals surface area (Å²) in [6.45, 7) is 16.0. The molecule has 4 heterocycles. The number of esters is 1. The lowest BCUT2D eigenvalue weighted by Gasteiger charge is -2.60. The molecule has 0 bridgehead atoms. The molecule has 0 radical (unpaired) electrons. The van der Waals surface area contributed by atoms with Gasteiger partial charge in [-0.1, -0.05) is 41.5 Å². The molecule has 4 fully saturated rings. The van der Waals surface area contributed by atoms with Crippen LogP contribution in [0.1, 0.15) is 81.6 Å². The summed E-state index contributed by atoms with van der Waals surface area (Å²) < 4.78 is 36.6. The lowest BCUT2D eigenvalue weighted by Crippen LogP contribution is -2.70. The topological polar surface area (TPSA) is 194 Å². The van der Waals surface area contributed by atoms with Gasteiger partial charge in [0, 0.05) is 42.4 Å². The molecule has 0 aromatic heterocycles. The second kappa shape index (κ2) is 14.9. The van der Waals surface area contributed by atoms with Crippen molar-refractivity contribution in [1.82, 2.24) is 0 Å². The van der Waals surface area contributed by atoms with Crippen LogP contribution in [0.4, 0.5) is 0 Å². The first-order chi connectivity index (χ1) is 21.4. The number of rotatable bonds is 8. The fraction of sp³-hybridized carbons (Fsp3) is 0.970. The maximum atomic E-state index is 13.6. The van der Waals surface area contributed by atoms with E-state index in [4.69, 9.17) is 28.4 Å². The predicted octanol–water partition coefficient (Wildman–Crippen LogP) is 1.07. The molecule has 46 heavy (non-hydrogen) atoms. The van der Waals surface area contributed by atoms with E-state index in [0.29, 0.717) is 6.42 Å². The van der Waals surface area contributed by atoms with Crippen molar-refractivity contribution < 1.29 is 63.9 Å². The smallest absolute Gasteiger partial charge is 0.313 e. The Morgan fingerprint density at radius 3 is 1.85 bits per heavy atom. The minimum absolute atomic E-state index is 0.0278. The number of hydrogen-bond acceptors (Lipinski definition) is 13. The number of carbonyl (C=O) groups excluding carboxylic acids is 1. The zero-order valence-electron chi connectivity index (χ0n) is 28.6. The Bertz CT molecular complexity index is 982. The van der Waals surface area contributed by atoms with E-state index in [0.717, 1.165) is 0 Å². The maximum absolute atomic E-state index is 13.6. The average molecular weight is 663 g/mol. The minimum atomic E-state index is -1.43. The van der Waals surface area contributed by atoms with E-state index in [2.05, 4.69) is 0 Å². The van der Waals surface area contributed by atoms with E-state index in [-0.39, 0.29) is 24.7 Å². The SMILES string of the molecule is CC[C@H](O)[C@H](C)[C@H]1O[C@]2(O[C@@H]([C@@H](C)C(=O)O[C@H]3C[C@@H](O)[C@H](O[C@H]4C[C@H](O)[C@H](O)[C@@H](C)O4)[C@@H](C)O3)[C@H](C)[C@H](O)[C@H]2C)[C@@H](C)[C@@H](O)[C@H]1C. The fourth-order valence-electron chi connectivity index (χ4n) is 7.97. The van der Waals surface area contributed by atoms with Crippen LogP contribution in [0.3, 0.4) is 0 Å². The molecule has 268 valence electrons. The van der Waals surface area contributed by atoms with Crippen LogP contribution in [-0.4, -0.2) is 122 Å². The van der Waals surface area contributed by atoms with E-state index in [1.54, 1.807) is 27.7 Å². The summed E-state index contributed by atoms with van der Waals surface area (Å²) >= 11 is 0. The van der Waals surface area contributed by atoms with Gasteiger partial charge >= 0.3 is 5.97 Å². The van der Waals surface area contributed by atoms with Crippen molar-refractivity contribution in [3.63, 3.8) is 0 Å². The van der Waals surface area contributed by atoms with Gasteiger partial charge < -0.3 is 59.1 Å². The average Bonchev–Trinajstić information content (AvgIpc) is 3.01. The molecule has 0 saturated carbocycles. The first kappa shape index (κ1) is 37.8. The van der Waals surface area contributed by atoms with Gasteiger partial charge in [-0.15, -0.1) is 0 Å². The summed E-state index contributed by atoms with van der Waals surface area (Å²) in [6, 6.07) is 0. The van der Waals surface area contributed by atoms with Crippen LogP contribution in [0.2, 0.25) is 0 Å². The fourth-order valence-corrected chi connectivity index (χ4v) is 7.97. The molecule has 4 rings (SSSR count). The molecule has 4 aliphatic heterocycles. The van der Waals surface area contributed by atoms with Crippen LogP contribution in [0.5, 0.6) is 0 Å². The quantitative estimate of drug-likeness (QED) is 0.202. The third kappa shape index (κ3) is 7.16. The summed E-state index contributed by atoms with van der Waals surface area (Å²) in [5, 5.41) is 64.5. The highest BCUT2D eigenvalue weighted by Gasteiger charge is 2.62. The van der Waals surface area contributed by atoms with Crippen molar-refractivity contribution in [2.75, 3.05) is 0 Å². The Balaban J connectivity index is 1.44. The Kier molecular flexibility index (Phi) is 12.2. The molecule has 0 amide bonds. The van der Waals surface area contributed by atoms with Crippen LogP contribution in [0, 0.1) is 35.5 Å². The standard InChI is InChI=1S/C33H58O13/c1-10-21(34)13(2)29-14(3)26(37)17(6)33(45-29)18(7)27(38)15(4)30(46-33)16(5)32(40)44-25-12-23(36)31(20(9)42-25)43-24-11-22(35)28(39)19(8)41-24/h13-31,34-39H,10-12H2,1-9H3/t13-,14+,15+,16+,17-,18+,19+,20+,21-,22-,23+,24-,25-,26-,27-,28+,29+,30+,31+,33-/m0/s1. The van der Waals surface area contributed by atoms with E-state index in [9.17, 15) is 35.4 Å². The zero-order valence-corrected chi connectivity index (χ0v) is 28.6. The van der Waals surface area contributed by atoms with Gasteiger partial charge in [-0.3, -0.25) is 4.79 Å². The molecule has 0 aromatic rings. The molecule has 0 unspecified atom stereocenters. The van der Waals surface area contributed by atoms with Gasteiger partial charge in [0.25, 0.3) is 0 Å². The van der Waals surface area contributed by atoms with Crippen molar-refractivity contribution in [3.05, 3.63) is 0 Å². The molecule has 13 heteroatoms. The second-order valence-corrected chi connectivity index (χ2v) is 14.5. The molecule has 0 aromatic carbocycles. The van der Waals surface area contributed by atoms with Crippen LogP contribution < -0.4 is 0 Å². The van der Waals surface area contributed by atoms with Crippen LogP contribution >= 0.6 is 0 Å². The minimum Gasteiger partial charge on any atom is -0.435 e. The molecule has 1 spiro atoms. The van der Waals surface area contributed by atoms with Crippen molar-refractivity contribution in [2.24, 2.45) is 35.5 Å². The van der Waals surface area contributed by atoms with E-state index in [1.807, 2.05) is 34.6 Å². The van der Waals surface area contributed by atoms with Crippen molar-refractivity contribution in [1.29, 1.82) is 0 Å². The Morgan fingerprint density at radius 1 is 0.783 bits per heavy atom. The number of aliphatic hydroxyl groups excluding tert-OH is 6. The van der Waals surface area contributed by atoms with E-state index < -0.39 is 115 Å². The summed E-state index contributed by atoms with van der Waals surface area (Å²) in [5.74, 6) is -5.18. The van der Waals surface area contributed by atoms with Crippen LogP contribution in [0.15, 0.2) is 0 Å². The normalized spacial score (nSPS) is 50.5. The van der Waals surface area contributed by atoms with E-state index >= 15 is 0 Å². The Labute approximate surface area is 272 Å². The van der Waals surface area contributed by atoms with Crippen molar-refractivity contribution in [3.8, 4) is 0 Å². The molecule has 4 saturated heterocycles. The molecule has 13 nitrogen and oxygen atoms in total. The number of ether oxygens (including phenoxy) is 6. The largest absolute Gasteiger partial charge is 0.435 e. The monoisotopic (exact) mass is 662 g/mol. The lowest BCUT2D eigenvalue weighted by molar-refractivity contribution is -0.410. The zero-order chi connectivity index (χ0) is 34.4. The number of aliphatic hydroxyl groups is 6. The maximum Gasteiger partial charge on any atom is 0.313 e. The van der Waals surface area contributed by atoms with Gasteiger partial charge in [0.15, 0.2) is 12.1 Å². The molecular weight excluding hydrogens is 604 g/mol. The third-order valence-corrected chi connectivity index (χ3v) is 11.3. The second-order valence-electron chi connectivity index (χ2n) is 14.5. The summed E-state index contributed by atoms with van der Waals surface area (Å²) in [6.07, 6.45) is -10.6. The molecule has 0 aliphatic carbocycles. The number of carbonyl (C=O) groups is 1. The highest BCUT2D eigenvalue weighted by Crippen LogP contribution is 2.51. The highest BCUT2D eigenvalue weighted by atomic mass is 16.7. The van der Waals surface area contributed by atoms with Crippen molar-refractivity contribution >= 4 is 5.97 Å². The van der Waals surface area contributed by atoms with Gasteiger partial charge in [0.05, 0.1) is 60.9 Å². The van der Waals surface area contributed by atoms with Gasteiger partial charge in [0.2, 0.25) is 6.29 Å². The summed E-state index contributed by atoms with van der Waals surface area (Å²) in [7, 11) is 0. The first-order valence-electron chi connectivity index (χ1n) is 17.1. The Hall–Kier alpha value is -0.970. The van der Waals surface area contributed by atoms with Gasteiger partial charge in [-0.25, -0.2) is 0 Å². The molecule has 6 N–H and O–H groups in total. The highest BCUT2D eigenvalue weighted by molar-refractivity contribution is 5.73. The Morgan fingerprint density at radius 2 is 1.30 bits per heavy atom. The molecular formula is C33H58O13. The lowest BCUT2D eigenvalue weighted by atomic mass is 9.68. The van der Waals surface area contributed by atoms with E-state index in [1.165, 1.54) is 0 Å². The van der Waals surface area contributed by atoms with Crippen molar-refractivity contribution in [2.45, 2.75) is 167 Å². The van der Waals surface area contributed by atoms with Gasteiger partial charge in [-0.2, -0.15) is 0 Å². The third-order valence-electron chi connectivity index (χ3n) is 11.3. The van der Waals surface area contributed by atoms with Crippen LogP contribution in [0.25, 0.3) is 0 Å². The summed E-state index contributed by atoms with van der Waals surface area (Å²) in [5.41, 5.74) is 0. The molecule has 4 aliphatic rings. The summed E-state index contributed by atoms with van der Waals surface area (Å²) in [4.78, 5) is 13.6.